The Bertz CT molecular complexity index is 410. The summed E-state index contributed by atoms with van der Waals surface area (Å²) in [5.41, 5.74) is 0.819. The third-order valence-electron chi connectivity index (χ3n) is 2.37. The van der Waals surface area contributed by atoms with Crippen molar-refractivity contribution in [2.45, 2.75) is 13.3 Å². The molecule has 80 valence electrons. The summed E-state index contributed by atoms with van der Waals surface area (Å²) in [5, 5.41) is 1.93. The van der Waals surface area contributed by atoms with Crippen LogP contribution in [0.2, 0.25) is 0 Å². The molecule has 0 aromatic carbocycles. The van der Waals surface area contributed by atoms with E-state index in [1.807, 2.05) is 23.3 Å². The third-order valence-corrected chi connectivity index (χ3v) is 3.81. The van der Waals surface area contributed by atoms with Crippen LogP contribution in [0.25, 0.3) is 0 Å². The maximum Gasteiger partial charge on any atom is 0.255 e. The normalized spacial score (nSPS) is 16.4. The first-order valence-corrected chi connectivity index (χ1v) is 6.53. The van der Waals surface area contributed by atoms with Gasteiger partial charge in [0.1, 0.15) is 0 Å². The van der Waals surface area contributed by atoms with Gasteiger partial charge in [0.2, 0.25) is 0 Å². The van der Waals surface area contributed by atoms with E-state index in [4.69, 9.17) is 0 Å². The minimum Gasteiger partial charge on any atom is -0.333 e. The Kier molecular flexibility index (Phi) is 3.26. The van der Waals surface area contributed by atoms with Crippen molar-refractivity contribution in [2.75, 3.05) is 13.1 Å². The van der Waals surface area contributed by atoms with Crippen molar-refractivity contribution < 1.29 is 4.79 Å². The van der Waals surface area contributed by atoms with Gasteiger partial charge in [-0.15, -0.1) is 11.3 Å². The molecular weight excluding hydrogens is 274 g/mol. The van der Waals surface area contributed by atoms with Crippen molar-refractivity contribution in [2.24, 2.45) is 0 Å². The van der Waals surface area contributed by atoms with Gasteiger partial charge < -0.3 is 4.90 Å². The Balaban J connectivity index is 2.12. The van der Waals surface area contributed by atoms with Gasteiger partial charge in [0, 0.05) is 21.3 Å². The lowest BCUT2D eigenvalue weighted by Crippen LogP contribution is -2.34. The lowest BCUT2D eigenvalue weighted by atomic mass is 10.2. The molecule has 2 rings (SSSR count). The molecule has 2 heterocycles. The molecule has 4 heteroatoms. The number of carbonyl (C=O) groups excluding carboxylic acids is 1. The summed E-state index contributed by atoms with van der Waals surface area (Å²) >= 11 is 5.07. The van der Waals surface area contributed by atoms with Crippen molar-refractivity contribution in [3.63, 3.8) is 0 Å². The average Bonchev–Trinajstić information content (AvgIpc) is 2.64. The number of carbonyl (C=O) groups is 1. The predicted molar refractivity (Wildman–Crippen MR) is 66.6 cm³/mol. The number of hydrogen-bond donors (Lipinski definition) is 0. The summed E-state index contributed by atoms with van der Waals surface area (Å²) in [5.74, 6) is 0.143. The van der Waals surface area contributed by atoms with E-state index in [2.05, 4.69) is 22.0 Å². The van der Waals surface area contributed by atoms with Crippen molar-refractivity contribution in [1.82, 2.24) is 4.90 Å². The molecule has 0 fully saturated rings. The van der Waals surface area contributed by atoms with E-state index in [0.717, 1.165) is 23.0 Å². The second-order valence-electron chi connectivity index (χ2n) is 3.61. The Morgan fingerprint density at radius 3 is 3.00 bits per heavy atom. The van der Waals surface area contributed by atoms with Gasteiger partial charge in [-0.2, -0.15) is 0 Å². The van der Waals surface area contributed by atoms with Crippen LogP contribution in [0.15, 0.2) is 22.0 Å². The van der Waals surface area contributed by atoms with Crippen LogP contribution in [-0.4, -0.2) is 23.9 Å². The smallest absolute Gasteiger partial charge is 0.255 e. The van der Waals surface area contributed by atoms with E-state index in [1.165, 1.54) is 4.88 Å². The summed E-state index contributed by atoms with van der Waals surface area (Å²) < 4.78 is 1.11. The van der Waals surface area contributed by atoms with E-state index in [1.54, 1.807) is 11.3 Å². The molecule has 1 aromatic heterocycles. The molecule has 1 aliphatic heterocycles. The van der Waals surface area contributed by atoms with Gasteiger partial charge in [0.25, 0.3) is 5.91 Å². The van der Waals surface area contributed by atoms with Crippen LogP contribution < -0.4 is 0 Å². The van der Waals surface area contributed by atoms with Crippen LogP contribution in [0.4, 0.5) is 0 Å². The second-order valence-corrected chi connectivity index (χ2v) is 5.75. The first kappa shape index (κ1) is 10.9. The first-order chi connectivity index (χ1) is 7.16. The molecule has 0 atom stereocenters. The number of amides is 1. The quantitative estimate of drug-likeness (QED) is 0.776. The van der Waals surface area contributed by atoms with Crippen LogP contribution >= 0.6 is 27.3 Å². The molecule has 1 aromatic rings. The topological polar surface area (TPSA) is 20.3 Å². The molecule has 0 spiro atoms. The van der Waals surface area contributed by atoms with Gasteiger partial charge in [-0.3, -0.25) is 4.79 Å². The van der Waals surface area contributed by atoms with Gasteiger partial charge in [0.15, 0.2) is 0 Å². The summed E-state index contributed by atoms with van der Waals surface area (Å²) in [6.45, 7) is 3.55. The molecule has 0 saturated heterocycles. The fraction of sp³-hybridized carbons (Fsp3) is 0.364. The molecule has 0 bridgehead atoms. The van der Waals surface area contributed by atoms with E-state index in [-0.39, 0.29) is 5.91 Å². The molecule has 0 radical (unpaired) electrons. The molecule has 2 nitrogen and oxygen atoms in total. The van der Waals surface area contributed by atoms with Crippen LogP contribution in [-0.2, 0) is 0 Å². The minimum atomic E-state index is 0.143. The molecule has 15 heavy (non-hydrogen) atoms. The molecule has 0 saturated carbocycles. The third kappa shape index (κ3) is 2.49. The Morgan fingerprint density at radius 2 is 2.40 bits per heavy atom. The van der Waals surface area contributed by atoms with Crippen molar-refractivity contribution in [3.8, 4) is 0 Å². The standard InChI is InChI=1S/C11H12BrNOS/c1-8-5-9(7-15-8)11(14)13-4-2-3-10(12)6-13/h3,5,7H,2,4,6H2,1H3. The van der Waals surface area contributed by atoms with Crippen LogP contribution in [0.5, 0.6) is 0 Å². The van der Waals surface area contributed by atoms with Gasteiger partial charge in [-0.05, 0) is 19.4 Å². The molecular formula is C11H12BrNOS. The number of rotatable bonds is 1. The highest BCUT2D eigenvalue weighted by Crippen LogP contribution is 2.20. The molecule has 0 N–H and O–H groups in total. The Morgan fingerprint density at radius 1 is 1.60 bits per heavy atom. The number of aryl methyl sites for hydroxylation is 1. The molecule has 0 unspecified atom stereocenters. The Hall–Kier alpha value is -0.610. The summed E-state index contributed by atoms with van der Waals surface area (Å²) in [6.07, 6.45) is 3.07. The lowest BCUT2D eigenvalue weighted by molar-refractivity contribution is 0.0770. The van der Waals surface area contributed by atoms with Crippen LogP contribution in [0, 0.1) is 6.92 Å². The average molecular weight is 286 g/mol. The first-order valence-electron chi connectivity index (χ1n) is 4.86. The minimum absolute atomic E-state index is 0.143. The largest absolute Gasteiger partial charge is 0.333 e. The van der Waals surface area contributed by atoms with Gasteiger partial charge in [-0.25, -0.2) is 0 Å². The van der Waals surface area contributed by atoms with Gasteiger partial charge in [0.05, 0.1) is 12.1 Å². The maximum atomic E-state index is 12.0. The van der Waals surface area contributed by atoms with E-state index in [0.29, 0.717) is 6.54 Å². The zero-order valence-electron chi connectivity index (χ0n) is 8.50. The van der Waals surface area contributed by atoms with Crippen molar-refractivity contribution in [3.05, 3.63) is 32.4 Å². The summed E-state index contributed by atoms with van der Waals surface area (Å²) in [6, 6.07) is 1.96. The fourth-order valence-corrected chi connectivity index (χ4v) is 2.82. The number of nitrogens with zero attached hydrogens (tertiary/aromatic N) is 1. The molecule has 1 aliphatic rings. The number of hydrogen-bond acceptors (Lipinski definition) is 2. The highest BCUT2D eigenvalue weighted by atomic mass is 79.9. The lowest BCUT2D eigenvalue weighted by Gasteiger charge is -2.24. The van der Waals surface area contributed by atoms with E-state index >= 15 is 0 Å². The zero-order valence-corrected chi connectivity index (χ0v) is 10.9. The summed E-state index contributed by atoms with van der Waals surface area (Å²) in [7, 11) is 0. The van der Waals surface area contributed by atoms with Crippen molar-refractivity contribution in [1.29, 1.82) is 0 Å². The molecule has 0 aliphatic carbocycles. The predicted octanol–water partition coefficient (Wildman–Crippen LogP) is 3.18. The van der Waals surface area contributed by atoms with Crippen LogP contribution in [0.1, 0.15) is 21.7 Å². The highest BCUT2D eigenvalue weighted by Gasteiger charge is 2.19. The SMILES string of the molecule is Cc1cc(C(=O)N2CCC=C(Br)C2)cs1. The number of thiophene rings is 1. The van der Waals surface area contributed by atoms with E-state index in [9.17, 15) is 4.79 Å². The van der Waals surface area contributed by atoms with Crippen molar-refractivity contribution >= 4 is 33.2 Å². The number of halogens is 1. The van der Waals surface area contributed by atoms with Crippen LogP contribution in [0.3, 0.4) is 0 Å². The zero-order chi connectivity index (χ0) is 10.8. The highest BCUT2D eigenvalue weighted by molar-refractivity contribution is 9.11. The summed E-state index contributed by atoms with van der Waals surface area (Å²) in [4.78, 5) is 15.1. The second kappa shape index (κ2) is 4.49. The monoisotopic (exact) mass is 285 g/mol. The fourth-order valence-electron chi connectivity index (χ4n) is 1.61. The van der Waals surface area contributed by atoms with Gasteiger partial charge in [-0.1, -0.05) is 22.0 Å². The van der Waals surface area contributed by atoms with Gasteiger partial charge >= 0.3 is 0 Å². The Labute approximate surface area is 102 Å². The maximum absolute atomic E-state index is 12.0. The van der Waals surface area contributed by atoms with E-state index < -0.39 is 0 Å². The molecule has 1 amide bonds.